The fourth-order valence-electron chi connectivity index (χ4n) is 2.93. The minimum absolute atomic E-state index is 0.0225. The van der Waals surface area contributed by atoms with E-state index in [0.717, 1.165) is 0 Å². The first-order chi connectivity index (χ1) is 15.3. The molecule has 8 N–H and O–H groups in total. The van der Waals surface area contributed by atoms with Gasteiger partial charge in [-0.05, 0) is 43.9 Å². The molecule has 0 spiro atoms. The molecule has 0 aliphatic rings. The van der Waals surface area contributed by atoms with Crippen LogP contribution in [0, 0.1) is 5.92 Å². The summed E-state index contributed by atoms with van der Waals surface area (Å²) in [4.78, 5) is 49.0. The van der Waals surface area contributed by atoms with Gasteiger partial charge in [0.25, 0.3) is 0 Å². The van der Waals surface area contributed by atoms with Gasteiger partial charge in [0, 0.05) is 6.42 Å². The van der Waals surface area contributed by atoms with Crippen LogP contribution in [-0.2, 0) is 25.6 Å². The van der Waals surface area contributed by atoms with Gasteiger partial charge in [-0.25, -0.2) is 4.79 Å². The minimum atomic E-state index is -1.26. The topological polar surface area (TPSA) is 191 Å². The highest BCUT2D eigenvalue weighted by atomic mass is 16.4. The van der Waals surface area contributed by atoms with Gasteiger partial charge < -0.3 is 37.0 Å². The average molecular weight is 467 g/mol. The fraction of sp³-hybridized carbons (Fsp3) is 0.545. The number of hydrogen-bond acceptors (Lipinski definition) is 7. The highest BCUT2D eigenvalue weighted by Crippen LogP contribution is 2.12. The zero-order chi connectivity index (χ0) is 25.3. The zero-order valence-electron chi connectivity index (χ0n) is 19.2. The number of carboxylic acid groups (broad SMARTS) is 1. The number of aliphatic hydroxyl groups is 1. The van der Waals surface area contributed by atoms with Crippen molar-refractivity contribution in [2.45, 2.75) is 70.8 Å². The quantitative estimate of drug-likeness (QED) is 0.209. The number of carboxylic acids is 1. The predicted molar refractivity (Wildman–Crippen MR) is 120 cm³/mol. The third-order valence-corrected chi connectivity index (χ3v) is 4.91. The third kappa shape index (κ3) is 9.46. The first kappa shape index (κ1) is 27.9. The number of rotatable bonds is 12. The lowest BCUT2D eigenvalue weighted by molar-refractivity contribution is -0.142. The highest BCUT2D eigenvalue weighted by molar-refractivity contribution is 5.94. The Bertz CT molecular complexity index is 827. The summed E-state index contributed by atoms with van der Waals surface area (Å²) in [6, 6.07) is 1.35. The van der Waals surface area contributed by atoms with Crippen molar-refractivity contribution in [3.05, 3.63) is 29.8 Å². The number of amides is 3. The number of hydrogen-bond donors (Lipinski definition) is 7. The molecule has 5 atom stereocenters. The van der Waals surface area contributed by atoms with Crippen LogP contribution >= 0.6 is 0 Å². The molecule has 5 unspecified atom stereocenters. The Labute approximate surface area is 192 Å². The summed E-state index contributed by atoms with van der Waals surface area (Å²) >= 11 is 0. The lowest BCUT2D eigenvalue weighted by Crippen LogP contribution is -2.57. The molecular weight excluding hydrogens is 432 g/mol. The first-order valence-corrected chi connectivity index (χ1v) is 10.7. The largest absolute Gasteiger partial charge is 0.508 e. The molecule has 0 aromatic heterocycles. The van der Waals surface area contributed by atoms with E-state index < -0.39 is 54.0 Å². The smallest absolute Gasteiger partial charge is 0.326 e. The van der Waals surface area contributed by atoms with Crippen LogP contribution in [0.2, 0.25) is 0 Å². The molecule has 0 aliphatic heterocycles. The summed E-state index contributed by atoms with van der Waals surface area (Å²) < 4.78 is 0. The Morgan fingerprint density at radius 3 is 1.91 bits per heavy atom. The van der Waals surface area contributed by atoms with Crippen molar-refractivity contribution in [3.8, 4) is 5.75 Å². The van der Waals surface area contributed by atoms with E-state index in [1.54, 1.807) is 12.1 Å². The lowest BCUT2D eigenvalue weighted by atomic mass is 10.0. The number of phenols is 1. The molecule has 0 saturated carbocycles. The van der Waals surface area contributed by atoms with Gasteiger partial charge in [0.1, 0.15) is 29.9 Å². The van der Waals surface area contributed by atoms with Gasteiger partial charge in [0.15, 0.2) is 0 Å². The van der Waals surface area contributed by atoms with Gasteiger partial charge >= 0.3 is 5.97 Å². The number of carbonyl (C=O) groups excluding carboxylic acids is 3. The molecule has 0 saturated heterocycles. The summed E-state index contributed by atoms with van der Waals surface area (Å²) in [5.41, 5.74) is 6.21. The standard InChI is InChI=1S/C22H34N4O7/c1-11(2)9-16(25-21(31)18(23)13(4)27)20(30)24-12(3)19(29)26-17(22(32)33)10-14-5-7-15(28)8-6-14/h5-8,11-13,16-18,27-28H,9-10,23H2,1-4H3,(H,24,30)(H,25,31)(H,26,29)(H,32,33). The third-order valence-electron chi connectivity index (χ3n) is 4.91. The molecule has 0 bridgehead atoms. The molecule has 0 fully saturated rings. The fourth-order valence-corrected chi connectivity index (χ4v) is 2.93. The minimum Gasteiger partial charge on any atom is -0.508 e. The van der Waals surface area contributed by atoms with Crippen molar-refractivity contribution in [1.29, 1.82) is 0 Å². The van der Waals surface area contributed by atoms with Crippen molar-refractivity contribution in [2.24, 2.45) is 11.7 Å². The normalized spacial score (nSPS) is 15.6. The second-order valence-corrected chi connectivity index (χ2v) is 8.46. The Balaban J connectivity index is 2.80. The van der Waals surface area contributed by atoms with Crippen LogP contribution in [0.4, 0.5) is 0 Å². The van der Waals surface area contributed by atoms with Crippen molar-refractivity contribution in [3.63, 3.8) is 0 Å². The number of benzene rings is 1. The lowest BCUT2D eigenvalue weighted by Gasteiger charge is -2.25. The Hall–Kier alpha value is -3.18. The summed E-state index contributed by atoms with van der Waals surface area (Å²) in [7, 11) is 0. The summed E-state index contributed by atoms with van der Waals surface area (Å²) in [6.07, 6.45) is -0.874. The maximum absolute atomic E-state index is 12.7. The maximum atomic E-state index is 12.7. The number of aliphatic carboxylic acids is 1. The second kappa shape index (κ2) is 12.8. The molecular formula is C22H34N4O7. The van der Waals surface area contributed by atoms with E-state index in [2.05, 4.69) is 16.0 Å². The van der Waals surface area contributed by atoms with E-state index in [1.807, 2.05) is 13.8 Å². The molecule has 0 heterocycles. The van der Waals surface area contributed by atoms with Crippen LogP contribution in [0.1, 0.15) is 39.7 Å². The molecule has 1 rings (SSSR count). The van der Waals surface area contributed by atoms with Crippen molar-refractivity contribution >= 4 is 23.7 Å². The molecule has 1 aromatic carbocycles. The Morgan fingerprint density at radius 2 is 1.42 bits per heavy atom. The van der Waals surface area contributed by atoms with Crippen molar-refractivity contribution in [1.82, 2.24) is 16.0 Å². The molecule has 11 heteroatoms. The molecule has 33 heavy (non-hydrogen) atoms. The van der Waals surface area contributed by atoms with E-state index in [0.29, 0.717) is 5.56 Å². The monoisotopic (exact) mass is 466 g/mol. The first-order valence-electron chi connectivity index (χ1n) is 10.7. The van der Waals surface area contributed by atoms with Crippen LogP contribution in [0.5, 0.6) is 5.75 Å². The number of nitrogens with two attached hydrogens (primary N) is 1. The molecule has 1 aromatic rings. The molecule has 184 valence electrons. The van der Waals surface area contributed by atoms with Gasteiger partial charge in [-0.1, -0.05) is 26.0 Å². The average Bonchev–Trinajstić information content (AvgIpc) is 2.72. The van der Waals surface area contributed by atoms with Gasteiger partial charge in [0.2, 0.25) is 17.7 Å². The van der Waals surface area contributed by atoms with E-state index in [-0.39, 0.29) is 24.5 Å². The summed E-state index contributed by atoms with van der Waals surface area (Å²) in [5, 5.41) is 35.6. The summed E-state index contributed by atoms with van der Waals surface area (Å²) in [6.45, 7) is 6.43. The van der Waals surface area contributed by atoms with Crippen molar-refractivity contribution in [2.75, 3.05) is 0 Å². The second-order valence-electron chi connectivity index (χ2n) is 8.46. The SMILES string of the molecule is CC(C)CC(NC(=O)C(N)C(C)O)C(=O)NC(C)C(=O)NC(Cc1ccc(O)cc1)C(=O)O. The molecule has 11 nitrogen and oxygen atoms in total. The Morgan fingerprint density at radius 1 is 0.879 bits per heavy atom. The van der Waals surface area contributed by atoms with E-state index in [9.17, 15) is 34.5 Å². The van der Waals surface area contributed by atoms with Crippen LogP contribution in [0.15, 0.2) is 24.3 Å². The van der Waals surface area contributed by atoms with Gasteiger partial charge in [-0.3, -0.25) is 14.4 Å². The number of aromatic hydroxyl groups is 1. The van der Waals surface area contributed by atoms with E-state index in [4.69, 9.17) is 5.73 Å². The number of carbonyl (C=O) groups is 4. The molecule has 3 amide bonds. The highest BCUT2D eigenvalue weighted by Gasteiger charge is 2.29. The van der Waals surface area contributed by atoms with E-state index in [1.165, 1.54) is 26.0 Å². The predicted octanol–water partition coefficient (Wildman–Crippen LogP) is -0.752. The van der Waals surface area contributed by atoms with Crippen molar-refractivity contribution < 1.29 is 34.5 Å². The summed E-state index contributed by atoms with van der Waals surface area (Å²) in [5.74, 6) is -3.26. The molecule has 0 radical (unpaired) electrons. The number of nitrogens with one attached hydrogen (secondary N) is 3. The van der Waals surface area contributed by atoms with Gasteiger partial charge in [-0.15, -0.1) is 0 Å². The number of aliphatic hydroxyl groups excluding tert-OH is 1. The van der Waals surface area contributed by atoms with E-state index >= 15 is 0 Å². The van der Waals surface area contributed by atoms with Crippen LogP contribution in [0.3, 0.4) is 0 Å². The Kier molecular flexibility index (Phi) is 10.8. The maximum Gasteiger partial charge on any atom is 0.326 e. The van der Waals surface area contributed by atoms with Crippen LogP contribution in [-0.4, -0.2) is 69.3 Å². The zero-order valence-corrected chi connectivity index (χ0v) is 19.2. The van der Waals surface area contributed by atoms with Crippen LogP contribution < -0.4 is 21.7 Å². The number of phenolic OH excluding ortho intramolecular Hbond substituents is 1. The van der Waals surface area contributed by atoms with Gasteiger partial charge in [0.05, 0.1) is 6.10 Å². The molecule has 0 aliphatic carbocycles. The van der Waals surface area contributed by atoms with Gasteiger partial charge in [-0.2, -0.15) is 0 Å². The van der Waals surface area contributed by atoms with Crippen LogP contribution in [0.25, 0.3) is 0 Å².